The molecule has 0 amide bonds. The van der Waals surface area contributed by atoms with Gasteiger partial charge in [0.15, 0.2) is 10.9 Å². The van der Waals surface area contributed by atoms with Crippen LogP contribution in [-0.2, 0) is 20.2 Å². The van der Waals surface area contributed by atoms with Gasteiger partial charge in [-0.05, 0) is 36.4 Å². The summed E-state index contributed by atoms with van der Waals surface area (Å²) >= 11 is 11.8. The van der Waals surface area contributed by atoms with Crippen LogP contribution < -0.4 is 10.9 Å². The molecule has 5 aromatic rings. The van der Waals surface area contributed by atoms with Crippen molar-refractivity contribution >= 4 is 122 Å². The summed E-state index contributed by atoms with van der Waals surface area (Å²) < 4.78 is 69.7. The van der Waals surface area contributed by atoms with E-state index in [-0.39, 0.29) is 110 Å². The van der Waals surface area contributed by atoms with Crippen molar-refractivity contribution in [2.75, 3.05) is 0 Å². The third-order valence-corrected chi connectivity index (χ3v) is 8.02. The van der Waals surface area contributed by atoms with E-state index >= 15 is 0 Å². The van der Waals surface area contributed by atoms with Gasteiger partial charge in [-0.25, -0.2) is 16.8 Å². The van der Waals surface area contributed by atoms with Crippen molar-refractivity contribution in [3.05, 3.63) is 66.9 Å². The number of fused-ring (bicyclic) bond motifs is 4. The molecule has 2 heterocycles. The maximum Gasteiger partial charge on any atom is 3.00 e. The van der Waals surface area contributed by atoms with E-state index in [1.807, 2.05) is 0 Å². The van der Waals surface area contributed by atoms with Crippen LogP contribution in [0.2, 0.25) is 10.0 Å². The number of halogens is 2. The van der Waals surface area contributed by atoms with Gasteiger partial charge in [0.2, 0.25) is 0 Å². The molecule has 6 N–H and O–H groups in total. The van der Waals surface area contributed by atoms with E-state index in [4.69, 9.17) is 23.2 Å². The minimum absolute atomic E-state index is 0. The first-order valence-electron chi connectivity index (χ1n) is 9.16. The largest absolute Gasteiger partial charge is 3.00 e. The summed E-state index contributed by atoms with van der Waals surface area (Å²) in [6.07, 6.45) is 0. The van der Waals surface area contributed by atoms with Crippen LogP contribution in [0.4, 0.5) is 0 Å². The van der Waals surface area contributed by atoms with Gasteiger partial charge in [0, 0.05) is 21.5 Å². The fourth-order valence-electron chi connectivity index (χ4n) is 3.90. The average molecular weight is 661 g/mol. The Labute approximate surface area is 254 Å². The Morgan fingerprint density at radius 3 is 1.55 bits per heavy atom. The van der Waals surface area contributed by atoms with Crippen LogP contribution >= 0.6 is 23.2 Å². The molecule has 0 aliphatic heterocycles. The maximum atomic E-state index is 13.1. The molecule has 5 rings (SSSR count). The quantitative estimate of drug-likeness (QED) is 0.154. The topological polar surface area (TPSA) is 300 Å². The predicted molar refractivity (Wildman–Crippen MR) is 143 cm³/mol. The van der Waals surface area contributed by atoms with Crippen LogP contribution in [0.25, 0.3) is 43.6 Å². The molecule has 0 aliphatic rings. The summed E-state index contributed by atoms with van der Waals surface area (Å²) in [6, 6.07) is 6.94. The van der Waals surface area contributed by atoms with Gasteiger partial charge >= 0.3 is 34.7 Å². The van der Waals surface area contributed by atoms with Gasteiger partial charge in [0.05, 0.1) is 41.9 Å². The summed E-state index contributed by atoms with van der Waals surface area (Å²) in [6.45, 7) is 0. The summed E-state index contributed by atoms with van der Waals surface area (Å²) in [5.74, 6) is 0. The molecule has 20 heteroatoms. The summed E-state index contributed by atoms with van der Waals surface area (Å²) in [5.41, 5.74) is -1.29. The standard InChI is InChI=1S/C20H10Cl2N2O8S2.2Al.4H2O/c21-11-2-1-7-17(20(11)34(30,31)32)24-14-4-8-13(3-9(14)18(7)25)23-15-6-12(22)16(33(27,28)29)5-10(15)19(8)26;;;;;;/h1-6H,(H,23,26)(H,24,25)(H,27,28,29)(H,30,31,32);;;4*1H2/q;2*+3;;;;/p-6. The Morgan fingerprint density at radius 1 is 0.600 bits per heavy atom. The van der Waals surface area contributed by atoms with Crippen LogP contribution in [0.3, 0.4) is 0 Å². The molecule has 0 spiro atoms. The van der Waals surface area contributed by atoms with Crippen LogP contribution in [0.1, 0.15) is 0 Å². The molecule has 0 unspecified atom stereocenters. The van der Waals surface area contributed by atoms with E-state index in [1.54, 1.807) is 0 Å². The fourth-order valence-corrected chi connectivity index (χ4v) is 6.07. The van der Waals surface area contributed by atoms with Gasteiger partial charge in [-0.15, -0.1) is 0 Å². The summed E-state index contributed by atoms with van der Waals surface area (Å²) in [5, 5.41) is -0.978. The van der Waals surface area contributed by atoms with Gasteiger partial charge in [0.1, 0.15) is 20.2 Å². The van der Waals surface area contributed by atoms with E-state index in [9.17, 15) is 35.5 Å². The van der Waals surface area contributed by atoms with Crippen LogP contribution in [0.15, 0.2) is 55.8 Å². The molecule has 40 heavy (non-hydrogen) atoms. The monoisotopic (exact) mass is 660 g/mol. The van der Waals surface area contributed by atoms with Crippen molar-refractivity contribution in [1.82, 2.24) is 9.97 Å². The molecule has 0 aliphatic carbocycles. The van der Waals surface area contributed by atoms with Crippen molar-refractivity contribution in [1.29, 1.82) is 0 Å². The molecule has 0 saturated heterocycles. The zero-order chi connectivity index (χ0) is 24.7. The van der Waals surface area contributed by atoms with E-state index in [1.165, 1.54) is 18.2 Å². The van der Waals surface area contributed by atoms with Gasteiger partial charge in [-0.3, -0.25) is 9.59 Å². The second-order valence-electron chi connectivity index (χ2n) is 7.39. The van der Waals surface area contributed by atoms with Gasteiger partial charge < -0.3 is 41.0 Å². The van der Waals surface area contributed by atoms with E-state index in [2.05, 4.69) is 9.97 Å². The molecule has 0 saturated carbocycles. The normalized spacial score (nSPS) is 10.9. The number of hydrogen-bond donors (Lipinski definition) is 2. The molecular formula is C20H12Al2Cl2N2O12S2. The van der Waals surface area contributed by atoms with Crippen molar-refractivity contribution in [2.45, 2.75) is 9.79 Å². The van der Waals surface area contributed by atoms with Crippen molar-refractivity contribution in [3.8, 4) is 0 Å². The van der Waals surface area contributed by atoms with Crippen molar-refractivity contribution in [2.24, 2.45) is 0 Å². The number of nitrogens with one attached hydrogen (secondary N) is 2. The number of benzene rings is 3. The second kappa shape index (κ2) is 13.3. The summed E-state index contributed by atoms with van der Waals surface area (Å²) in [4.78, 5) is 30.2. The van der Waals surface area contributed by atoms with Crippen molar-refractivity contribution in [3.63, 3.8) is 0 Å². The Balaban J connectivity index is 0. The van der Waals surface area contributed by atoms with Gasteiger partial charge in [-0.1, -0.05) is 23.2 Å². The molecule has 0 fully saturated rings. The Kier molecular flexibility index (Phi) is 13.3. The second-order valence-corrected chi connectivity index (χ2v) is 10.9. The molecule has 0 radical (unpaired) electrons. The third-order valence-electron chi connectivity index (χ3n) is 5.37. The van der Waals surface area contributed by atoms with Crippen LogP contribution in [0.5, 0.6) is 0 Å². The first-order chi connectivity index (χ1) is 15.8. The molecule has 0 atom stereocenters. The molecular weight excluding hydrogens is 649 g/mol. The van der Waals surface area contributed by atoms with Crippen LogP contribution in [-0.4, -0.2) is 92.5 Å². The van der Waals surface area contributed by atoms with E-state index in [0.29, 0.717) is 0 Å². The Hall–Kier alpha value is -2.10. The zero-order valence-corrected chi connectivity index (χ0v) is 24.7. The minimum atomic E-state index is -5.07. The maximum absolute atomic E-state index is 13.1. The first kappa shape index (κ1) is 40.0. The fraction of sp³-hybridized carbons (Fsp3) is 0. The predicted octanol–water partition coefficient (Wildman–Crippen LogP) is 1.32. The minimum Gasteiger partial charge on any atom is -0.870 e. The summed E-state index contributed by atoms with van der Waals surface area (Å²) in [7, 11) is -10.0. The van der Waals surface area contributed by atoms with E-state index in [0.717, 1.165) is 18.2 Å². The van der Waals surface area contributed by atoms with E-state index < -0.39 is 40.9 Å². The molecule has 2 aromatic heterocycles. The Bertz CT molecular complexity index is 2100. The molecule has 3 aromatic carbocycles. The zero-order valence-electron chi connectivity index (χ0n) is 19.2. The molecule has 206 valence electrons. The SMILES string of the molecule is O=c1c2cc(S(=O)(=O)[O-])c(Cl)cc2[nH]c2cc3c(=O)c4ccc(Cl)c(S(=O)(=O)[O-])c4[nH]c3cc12.[Al+3].[Al+3].[OH-].[OH-].[OH-].[OH-]. The third kappa shape index (κ3) is 6.36. The number of pyridine rings is 2. The van der Waals surface area contributed by atoms with Gasteiger partial charge in [0.25, 0.3) is 0 Å². The number of hydrogen-bond acceptors (Lipinski definition) is 12. The number of H-pyrrole nitrogens is 2. The van der Waals surface area contributed by atoms with Gasteiger partial charge in [-0.2, -0.15) is 0 Å². The molecule has 0 bridgehead atoms. The number of aromatic nitrogens is 2. The smallest absolute Gasteiger partial charge is 0.870 e. The average Bonchev–Trinajstić information content (AvgIpc) is 2.71. The first-order valence-corrected chi connectivity index (χ1v) is 12.7. The Morgan fingerprint density at radius 2 is 1.05 bits per heavy atom. The van der Waals surface area contributed by atoms with Crippen LogP contribution in [0, 0.1) is 0 Å². The number of aromatic amines is 2. The molecule has 14 nitrogen and oxygen atoms in total. The van der Waals surface area contributed by atoms with Crippen molar-refractivity contribution < 1.29 is 47.8 Å². The number of rotatable bonds is 2.